The van der Waals surface area contributed by atoms with E-state index in [1.807, 2.05) is 0 Å². The molecular formula is C16H13ClN4O4. The number of ether oxygens (including phenoxy) is 2. The van der Waals surface area contributed by atoms with Gasteiger partial charge in [0.25, 0.3) is 5.69 Å². The Hall–Kier alpha value is -3.13. The highest BCUT2D eigenvalue weighted by atomic mass is 35.5. The predicted octanol–water partition coefficient (Wildman–Crippen LogP) is 3.95. The molecule has 0 aliphatic rings. The van der Waals surface area contributed by atoms with Gasteiger partial charge in [-0.25, -0.2) is 4.98 Å². The summed E-state index contributed by atoms with van der Waals surface area (Å²) >= 11 is 6.00. The lowest BCUT2D eigenvalue weighted by molar-refractivity contribution is -0.384. The summed E-state index contributed by atoms with van der Waals surface area (Å²) < 4.78 is 10.6. The first-order chi connectivity index (χ1) is 12.0. The summed E-state index contributed by atoms with van der Waals surface area (Å²) in [5.74, 6) is 1.49. The van der Waals surface area contributed by atoms with E-state index in [4.69, 9.17) is 21.1 Å². The summed E-state index contributed by atoms with van der Waals surface area (Å²) in [6.07, 6.45) is 0. The lowest BCUT2D eigenvalue weighted by Crippen LogP contribution is -1.99. The number of nitrogens with zero attached hydrogens (tertiary/aromatic N) is 3. The van der Waals surface area contributed by atoms with Crippen LogP contribution in [0.1, 0.15) is 0 Å². The first-order valence-corrected chi connectivity index (χ1v) is 7.50. The van der Waals surface area contributed by atoms with Crippen molar-refractivity contribution in [1.29, 1.82) is 0 Å². The monoisotopic (exact) mass is 360 g/mol. The number of benzene rings is 2. The fraction of sp³-hybridized carbons (Fsp3) is 0.125. The van der Waals surface area contributed by atoms with Crippen molar-refractivity contribution < 1.29 is 14.4 Å². The minimum Gasteiger partial charge on any atom is -0.493 e. The molecule has 25 heavy (non-hydrogen) atoms. The number of aromatic nitrogens is 2. The van der Waals surface area contributed by atoms with Gasteiger partial charge in [-0.15, -0.1) is 0 Å². The fourth-order valence-corrected chi connectivity index (χ4v) is 2.50. The number of non-ortho nitro benzene ring substituents is 1. The van der Waals surface area contributed by atoms with Crippen LogP contribution in [0.3, 0.4) is 0 Å². The highest BCUT2D eigenvalue weighted by Crippen LogP contribution is 2.35. The highest BCUT2D eigenvalue weighted by Gasteiger charge is 2.13. The third kappa shape index (κ3) is 3.38. The molecule has 0 fully saturated rings. The molecule has 0 radical (unpaired) electrons. The number of hydrogen-bond donors (Lipinski definition) is 1. The van der Waals surface area contributed by atoms with E-state index in [1.165, 1.54) is 26.4 Å². The number of hydrogen-bond acceptors (Lipinski definition) is 7. The largest absolute Gasteiger partial charge is 0.493 e. The number of rotatable bonds is 5. The van der Waals surface area contributed by atoms with Crippen LogP contribution < -0.4 is 14.8 Å². The summed E-state index contributed by atoms with van der Waals surface area (Å²) in [5, 5.41) is 14.6. The van der Waals surface area contributed by atoms with Gasteiger partial charge in [0.2, 0.25) is 5.28 Å². The quantitative estimate of drug-likeness (QED) is 0.417. The molecule has 1 aromatic heterocycles. The van der Waals surface area contributed by atoms with Gasteiger partial charge >= 0.3 is 0 Å². The molecule has 0 saturated carbocycles. The molecule has 8 nitrogen and oxygen atoms in total. The Morgan fingerprint density at radius 1 is 1.08 bits per heavy atom. The normalized spacial score (nSPS) is 10.5. The molecular weight excluding hydrogens is 348 g/mol. The second-order valence-corrected chi connectivity index (χ2v) is 5.33. The van der Waals surface area contributed by atoms with Gasteiger partial charge in [0.1, 0.15) is 5.82 Å². The van der Waals surface area contributed by atoms with Gasteiger partial charge < -0.3 is 14.8 Å². The zero-order chi connectivity index (χ0) is 18.0. The lowest BCUT2D eigenvalue weighted by atomic mass is 10.2. The van der Waals surface area contributed by atoms with Gasteiger partial charge in [0.05, 0.1) is 24.7 Å². The Kier molecular flexibility index (Phi) is 4.53. The molecule has 0 bridgehead atoms. The van der Waals surface area contributed by atoms with Crippen LogP contribution in [0.15, 0.2) is 36.4 Å². The van der Waals surface area contributed by atoms with Crippen molar-refractivity contribution in [3.63, 3.8) is 0 Å². The van der Waals surface area contributed by atoms with Crippen molar-refractivity contribution in [3.8, 4) is 11.5 Å². The molecule has 0 saturated heterocycles. The smallest absolute Gasteiger partial charge is 0.269 e. The van der Waals surface area contributed by atoms with E-state index < -0.39 is 4.92 Å². The average molecular weight is 361 g/mol. The van der Waals surface area contributed by atoms with Gasteiger partial charge in [0, 0.05) is 29.3 Å². The number of methoxy groups -OCH3 is 2. The number of nitro benzene ring substituents is 1. The van der Waals surface area contributed by atoms with E-state index in [0.717, 1.165) is 0 Å². The Morgan fingerprint density at radius 2 is 1.72 bits per heavy atom. The molecule has 0 aliphatic heterocycles. The first-order valence-electron chi connectivity index (χ1n) is 7.12. The van der Waals surface area contributed by atoms with Gasteiger partial charge in [-0.2, -0.15) is 4.98 Å². The maximum atomic E-state index is 10.7. The molecule has 128 valence electrons. The molecule has 9 heteroatoms. The topological polar surface area (TPSA) is 99.4 Å². The van der Waals surface area contributed by atoms with Crippen molar-refractivity contribution in [2.45, 2.75) is 0 Å². The Labute approximate surface area is 147 Å². The van der Waals surface area contributed by atoms with Gasteiger partial charge in [-0.3, -0.25) is 10.1 Å². The summed E-state index contributed by atoms with van der Waals surface area (Å²) in [6.45, 7) is 0. The molecule has 1 heterocycles. The van der Waals surface area contributed by atoms with E-state index in [1.54, 1.807) is 24.3 Å². The van der Waals surface area contributed by atoms with Crippen LogP contribution in [-0.4, -0.2) is 29.1 Å². The Balaban J connectivity index is 2.06. The molecule has 3 aromatic rings. The summed E-state index contributed by atoms with van der Waals surface area (Å²) in [6, 6.07) is 9.40. The van der Waals surface area contributed by atoms with E-state index in [-0.39, 0.29) is 11.0 Å². The van der Waals surface area contributed by atoms with Crippen molar-refractivity contribution >= 4 is 39.7 Å². The van der Waals surface area contributed by atoms with Gasteiger partial charge in [-0.1, -0.05) is 0 Å². The number of nitro groups is 1. The van der Waals surface area contributed by atoms with Crippen LogP contribution in [0.2, 0.25) is 5.28 Å². The SMILES string of the molecule is COc1cc2nc(Cl)nc(Nc3ccc([N+](=O)[O-])cc3)c2cc1OC. The maximum absolute atomic E-state index is 10.7. The summed E-state index contributed by atoms with van der Waals surface area (Å²) in [4.78, 5) is 18.7. The zero-order valence-electron chi connectivity index (χ0n) is 13.3. The molecule has 0 unspecified atom stereocenters. The number of fused-ring (bicyclic) bond motifs is 1. The van der Waals surface area contributed by atoms with Crippen LogP contribution in [-0.2, 0) is 0 Å². The van der Waals surface area contributed by atoms with E-state index in [0.29, 0.717) is 33.9 Å². The molecule has 0 atom stereocenters. The van der Waals surface area contributed by atoms with Gasteiger partial charge in [-0.05, 0) is 29.8 Å². The van der Waals surface area contributed by atoms with Crippen LogP contribution in [0.5, 0.6) is 11.5 Å². The minimum atomic E-state index is -0.460. The predicted molar refractivity (Wildman–Crippen MR) is 94.0 cm³/mol. The fourth-order valence-electron chi connectivity index (χ4n) is 2.33. The second-order valence-electron chi connectivity index (χ2n) is 4.99. The molecule has 0 amide bonds. The van der Waals surface area contributed by atoms with Crippen molar-refractivity contribution in [2.24, 2.45) is 0 Å². The third-order valence-corrected chi connectivity index (χ3v) is 3.68. The lowest BCUT2D eigenvalue weighted by Gasteiger charge is -2.12. The van der Waals surface area contributed by atoms with Crippen LogP contribution >= 0.6 is 11.6 Å². The summed E-state index contributed by atoms with van der Waals surface area (Å²) in [5.41, 5.74) is 1.20. The van der Waals surface area contributed by atoms with E-state index in [2.05, 4.69) is 15.3 Å². The van der Waals surface area contributed by atoms with E-state index >= 15 is 0 Å². The number of nitrogens with one attached hydrogen (secondary N) is 1. The molecule has 0 spiro atoms. The molecule has 3 rings (SSSR count). The van der Waals surface area contributed by atoms with Crippen LogP contribution in [0, 0.1) is 10.1 Å². The van der Waals surface area contributed by atoms with Crippen LogP contribution in [0.4, 0.5) is 17.2 Å². The number of anilines is 2. The average Bonchev–Trinajstić information content (AvgIpc) is 2.61. The molecule has 1 N–H and O–H groups in total. The zero-order valence-corrected chi connectivity index (χ0v) is 14.1. The maximum Gasteiger partial charge on any atom is 0.269 e. The van der Waals surface area contributed by atoms with Gasteiger partial charge in [0.15, 0.2) is 11.5 Å². The Bertz CT molecular complexity index is 947. The van der Waals surface area contributed by atoms with Crippen LogP contribution in [0.25, 0.3) is 10.9 Å². The number of halogens is 1. The summed E-state index contributed by atoms with van der Waals surface area (Å²) in [7, 11) is 3.06. The Morgan fingerprint density at radius 3 is 2.32 bits per heavy atom. The molecule has 0 aliphatic carbocycles. The highest BCUT2D eigenvalue weighted by molar-refractivity contribution is 6.28. The third-order valence-electron chi connectivity index (χ3n) is 3.51. The van der Waals surface area contributed by atoms with E-state index in [9.17, 15) is 10.1 Å². The van der Waals surface area contributed by atoms with Crippen molar-refractivity contribution in [3.05, 3.63) is 51.8 Å². The van der Waals surface area contributed by atoms with Crippen molar-refractivity contribution in [2.75, 3.05) is 19.5 Å². The second kappa shape index (κ2) is 6.78. The minimum absolute atomic E-state index is 0.00235. The van der Waals surface area contributed by atoms with Crippen molar-refractivity contribution in [1.82, 2.24) is 9.97 Å². The molecule has 2 aromatic carbocycles. The standard InChI is InChI=1S/C16H13ClN4O4/c1-24-13-7-11-12(8-14(13)25-2)19-16(17)20-15(11)18-9-3-5-10(6-4-9)21(22)23/h3-8H,1-2H3,(H,18,19,20). The first kappa shape index (κ1) is 16.7.